The summed E-state index contributed by atoms with van der Waals surface area (Å²) in [6, 6.07) is 10.9. The van der Waals surface area contributed by atoms with Crippen molar-refractivity contribution in [1.82, 2.24) is 0 Å². The van der Waals surface area contributed by atoms with Crippen LogP contribution in [0.15, 0.2) is 47.4 Å². The number of primary sulfonamides is 1. The molecular weight excluding hydrogens is 293 g/mol. The lowest BCUT2D eigenvalue weighted by molar-refractivity contribution is 0.598. The highest BCUT2D eigenvalue weighted by Gasteiger charge is 2.12. The Hall–Kier alpha value is -2.12. The van der Waals surface area contributed by atoms with Gasteiger partial charge in [-0.3, -0.25) is 0 Å². The lowest BCUT2D eigenvalue weighted by Gasteiger charge is -2.09. The highest BCUT2D eigenvalue weighted by molar-refractivity contribution is 7.89. The molecule has 0 aromatic heterocycles. The summed E-state index contributed by atoms with van der Waals surface area (Å²) in [5, 5.41) is 8.09. The van der Waals surface area contributed by atoms with E-state index in [2.05, 4.69) is 5.32 Å². The van der Waals surface area contributed by atoms with E-state index in [1.807, 2.05) is 0 Å². The van der Waals surface area contributed by atoms with Crippen LogP contribution in [0.2, 0.25) is 0 Å². The molecule has 0 saturated heterocycles. The Morgan fingerprint density at radius 2 is 1.86 bits per heavy atom. The van der Waals surface area contributed by atoms with Crippen molar-refractivity contribution in [2.75, 3.05) is 17.6 Å². The Kier molecular flexibility index (Phi) is 4.44. The number of nitrogens with one attached hydrogen (secondary N) is 1. The summed E-state index contributed by atoms with van der Waals surface area (Å²) < 4.78 is 35.9. The van der Waals surface area contributed by atoms with Gasteiger partial charge >= 0.3 is 0 Å². The number of rotatable bonds is 5. The molecule has 112 valence electrons. The average Bonchev–Trinajstić information content (AvgIpc) is 2.39. The summed E-state index contributed by atoms with van der Waals surface area (Å²) in [5.74, 6) is -0.247. The van der Waals surface area contributed by atoms with Gasteiger partial charge in [0.15, 0.2) is 0 Å². The van der Waals surface area contributed by atoms with Gasteiger partial charge in [-0.2, -0.15) is 0 Å². The van der Waals surface area contributed by atoms with E-state index in [1.165, 1.54) is 18.2 Å². The molecule has 0 aliphatic rings. The lowest BCUT2D eigenvalue weighted by atomic mass is 10.1. The zero-order chi connectivity index (χ0) is 15.5. The smallest absolute Gasteiger partial charge is 0.240 e. The number of sulfonamides is 1. The van der Waals surface area contributed by atoms with Crippen molar-refractivity contribution >= 4 is 21.4 Å². The van der Waals surface area contributed by atoms with Crippen LogP contribution in [0.5, 0.6) is 0 Å². The Bertz CT molecular complexity index is 748. The second-order valence-corrected chi connectivity index (χ2v) is 6.10. The van der Waals surface area contributed by atoms with E-state index < -0.39 is 10.0 Å². The van der Waals surface area contributed by atoms with Crippen molar-refractivity contribution in [3.8, 4) is 0 Å². The first-order valence-electron chi connectivity index (χ1n) is 6.27. The molecule has 0 amide bonds. The van der Waals surface area contributed by atoms with Gasteiger partial charge in [-0.25, -0.2) is 17.9 Å². The number of halogens is 1. The molecule has 2 aromatic rings. The first kappa shape index (κ1) is 15.3. The SMILES string of the molecule is Nc1cc(NCCc2ccccc2F)ccc1S(N)(=O)=O. The average molecular weight is 309 g/mol. The third-order valence-electron chi connectivity index (χ3n) is 3.00. The minimum Gasteiger partial charge on any atom is -0.398 e. The molecule has 0 atom stereocenters. The second kappa shape index (κ2) is 6.11. The van der Waals surface area contributed by atoms with Gasteiger partial charge in [-0.1, -0.05) is 18.2 Å². The fourth-order valence-electron chi connectivity index (χ4n) is 1.96. The molecule has 5 N–H and O–H groups in total. The minimum atomic E-state index is -3.82. The number of benzene rings is 2. The first-order valence-corrected chi connectivity index (χ1v) is 7.82. The molecule has 2 aromatic carbocycles. The maximum absolute atomic E-state index is 13.4. The van der Waals surface area contributed by atoms with Crippen LogP contribution in [-0.4, -0.2) is 15.0 Å². The summed E-state index contributed by atoms with van der Waals surface area (Å²) in [6.07, 6.45) is 0.503. The zero-order valence-electron chi connectivity index (χ0n) is 11.2. The van der Waals surface area contributed by atoms with E-state index in [-0.39, 0.29) is 16.4 Å². The maximum Gasteiger partial charge on any atom is 0.240 e. The van der Waals surface area contributed by atoms with Crippen molar-refractivity contribution in [3.05, 3.63) is 53.8 Å². The third kappa shape index (κ3) is 3.93. The van der Waals surface area contributed by atoms with Gasteiger partial charge in [0.1, 0.15) is 10.7 Å². The van der Waals surface area contributed by atoms with Gasteiger partial charge in [-0.05, 0) is 36.2 Å². The molecule has 0 aliphatic heterocycles. The van der Waals surface area contributed by atoms with E-state index >= 15 is 0 Å². The molecule has 5 nitrogen and oxygen atoms in total. The fourth-order valence-corrected chi connectivity index (χ4v) is 2.61. The molecule has 0 saturated carbocycles. The highest BCUT2D eigenvalue weighted by Crippen LogP contribution is 2.21. The van der Waals surface area contributed by atoms with Crippen molar-refractivity contribution in [3.63, 3.8) is 0 Å². The van der Waals surface area contributed by atoms with Crippen molar-refractivity contribution < 1.29 is 12.8 Å². The second-order valence-electron chi connectivity index (χ2n) is 4.57. The van der Waals surface area contributed by atoms with Crippen LogP contribution < -0.4 is 16.2 Å². The van der Waals surface area contributed by atoms with Gasteiger partial charge in [0.25, 0.3) is 0 Å². The predicted octanol–water partition coefficient (Wildman–Crippen LogP) is 1.71. The number of hydrogen-bond donors (Lipinski definition) is 3. The molecule has 0 bridgehead atoms. The van der Waals surface area contributed by atoms with E-state index in [9.17, 15) is 12.8 Å². The fraction of sp³-hybridized carbons (Fsp3) is 0.143. The molecule has 7 heteroatoms. The predicted molar refractivity (Wildman–Crippen MR) is 80.8 cm³/mol. The quantitative estimate of drug-likeness (QED) is 0.732. The molecule has 0 radical (unpaired) electrons. The Balaban J connectivity index is 2.02. The molecular formula is C14H16FN3O2S. The Morgan fingerprint density at radius 1 is 1.14 bits per heavy atom. The van der Waals surface area contributed by atoms with Gasteiger partial charge < -0.3 is 11.1 Å². The number of hydrogen-bond acceptors (Lipinski definition) is 4. The van der Waals surface area contributed by atoms with Gasteiger partial charge in [-0.15, -0.1) is 0 Å². The van der Waals surface area contributed by atoms with Crippen LogP contribution >= 0.6 is 0 Å². The van der Waals surface area contributed by atoms with E-state index in [0.717, 1.165) is 0 Å². The molecule has 2 rings (SSSR count). The zero-order valence-corrected chi connectivity index (χ0v) is 12.0. The highest BCUT2D eigenvalue weighted by atomic mass is 32.2. The normalized spacial score (nSPS) is 11.3. The van der Waals surface area contributed by atoms with Gasteiger partial charge in [0, 0.05) is 12.2 Å². The van der Waals surface area contributed by atoms with E-state index in [4.69, 9.17) is 10.9 Å². The van der Waals surface area contributed by atoms with Crippen LogP contribution in [-0.2, 0) is 16.4 Å². The molecule has 0 aliphatic carbocycles. The van der Waals surface area contributed by atoms with Crippen LogP contribution in [0.25, 0.3) is 0 Å². The number of nitrogens with two attached hydrogens (primary N) is 2. The molecule has 0 heterocycles. The Morgan fingerprint density at radius 3 is 2.48 bits per heavy atom. The van der Waals surface area contributed by atoms with Crippen molar-refractivity contribution in [1.29, 1.82) is 0 Å². The monoisotopic (exact) mass is 309 g/mol. The third-order valence-corrected chi connectivity index (χ3v) is 3.98. The number of nitrogen functional groups attached to an aromatic ring is 1. The van der Waals surface area contributed by atoms with Gasteiger partial charge in [0.2, 0.25) is 10.0 Å². The summed E-state index contributed by atoms with van der Waals surface area (Å²) in [4.78, 5) is -0.109. The molecule has 0 spiro atoms. The van der Waals surface area contributed by atoms with Crippen molar-refractivity contribution in [2.24, 2.45) is 5.14 Å². The Labute approximate surface area is 122 Å². The molecule has 0 fully saturated rings. The topological polar surface area (TPSA) is 98.2 Å². The largest absolute Gasteiger partial charge is 0.398 e. The standard InChI is InChI=1S/C14H16FN3O2S/c15-12-4-2-1-3-10(12)7-8-18-11-5-6-14(13(16)9-11)21(17,19)20/h1-6,9,18H,7-8,16H2,(H2,17,19,20). The number of anilines is 2. The minimum absolute atomic E-state index is 0.0772. The molecule has 0 unspecified atom stereocenters. The lowest BCUT2D eigenvalue weighted by Crippen LogP contribution is -2.14. The summed E-state index contributed by atoms with van der Waals surface area (Å²) in [6.45, 7) is 0.495. The van der Waals surface area contributed by atoms with Crippen molar-refractivity contribution in [2.45, 2.75) is 11.3 Å². The van der Waals surface area contributed by atoms with E-state index in [1.54, 1.807) is 24.3 Å². The van der Waals surface area contributed by atoms with Crippen LogP contribution in [0.3, 0.4) is 0 Å². The first-order chi connectivity index (χ1) is 9.88. The van der Waals surface area contributed by atoms with Crippen LogP contribution in [0.4, 0.5) is 15.8 Å². The maximum atomic E-state index is 13.4. The van der Waals surface area contributed by atoms with E-state index in [0.29, 0.717) is 24.2 Å². The molecule has 21 heavy (non-hydrogen) atoms. The van der Waals surface area contributed by atoms with Crippen LogP contribution in [0, 0.1) is 5.82 Å². The van der Waals surface area contributed by atoms with Crippen LogP contribution in [0.1, 0.15) is 5.56 Å². The summed E-state index contributed by atoms with van der Waals surface area (Å²) in [5.41, 5.74) is 6.99. The van der Waals surface area contributed by atoms with Gasteiger partial charge in [0.05, 0.1) is 5.69 Å². The summed E-state index contributed by atoms with van der Waals surface area (Å²) >= 11 is 0. The summed E-state index contributed by atoms with van der Waals surface area (Å²) in [7, 11) is -3.82.